The molecule has 1 aromatic rings. The Morgan fingerprint density at radius 3 is 2.84 bits per heavy atom. The van der Waals surface area contributed by atoms with Crippen molar-refractivity contribution >= 4 is 29.2 Å². The SMILES string of the molecule is CCOC(=O)C1=C(N)OC2=C(COC(C)=C2)C1c1ccc(Cl)cc1Cl. The van der Waals surface area contributed by atoms with Gasteiger partial charge in [0.1, 0.15) is 17.9 Å². The molecule has 0 radical (unpaired) electrons. The molecule has 2 heterocycles. The highest BCUT2D eigenvalue weighted by Crippen LogP contribution is 2.44. The first-order valence-electron chi connectivity index (χ1n) is 7.76. The van der Waals surface area contributed by atoms with Gasteiger partial charge in [-0.3, -0.25) is 0 Å². The standard InChI is InChI=1S/C18H17Cl2NO4/c1-3-23-18(22)16-15(11-5-4-10(19)7-13(11)20)12-8-24-9(2)6-14(12)25-17(16)21/h4-7,15H,3,8,21H2,1-2H3. The summed E-state index contributed by atoms with van der Waals surface area (Å²) < 4.78 is 16.5. The molecule has 0 saturated carbocycles. The number of ether oxygens (including phenoxy) is 3. The largest absolute Gasteiger partial charge is 0.494 e. The van der Waals surface area contributed by atoms with Crippen LogP contribution in [0.5, 0.6) is 0 Å². The van der Waals surface area contributed by atoms with Crippen molar-refractivity contribution in [2.45, 2.75) is 19.8 Å². The summed E-state index contributed by atoms with van der Waals surface area (Å²) in [5, 5.41) is 0.924. The van der Waals surface area contributed by atoms with Crippen LogP contribution in [-0.2, 0) is 19.0 Å². The van der Waals surface area contributed by atoms with Crippen LogP contribution in [0.4, 0.5) is 0 Å². The molecule has 0 fully saturated rings. The van der Waals surface area contributed by atoms with Crippen molar-refractivity contribution in [3.8, 4) is 0 Å². The molecule has 0 amide bonds. The maximum atomic E-state index is 12.5. The minimum absolute atomic E-state index is 0.000772. The van der Waals surface area contributed by atoms with Gasteiger partial charge in [0.05, 0.1) is 18.3 Å². The lowest BCUT2D eigenvalue weighted by molar-refractivity contribution is -0.139. The van der Waals surface area contributed by atoms with Crippen molar-refractivity contribution in [2.24, 2.45) is 5.73 Å². The van der Waals surface area contributed by atoms with E-state index in [1.165, 1.54) is 0 Å². The number of halogens is 2. The molecule has 2 aliphatic rings. The molecule has 0 saturated heterocycles. The number of allylic oxidation sites excluding steroid dienone is 2. The Bertz CT molecular complexity index is 826. The second-order valence-corrected chi connectivity index (χ2v) is 6.48. The first-order valence-corrected chi connectivity index (χ1v) is 8.51. The zero-order chi connectivity index (χ0) is 18.1. The number of hydrogen-bond donors (Lipinski definition) is 1. The fourth-order valence-corrected chi connectivity index (χ4v) is 3.42. The first kappa shape index (κ1) is 17.7. The number of hydrogen-bond acceptors (Lipinski definition) is 5. The molecule has 0 aromatic heterocycles. The minimum atomic E-state index is -0.547. The van der Waals surface area contributed by atoms with E-state index < -0.39 is 11.9 Å². The lowest BCUT2D eigenvalue weighted by Crippen LogP contribution is -2.29. The molecule has 3 rings (SSSR count). The molecule has 7 heteroatoms. The lowest BCUT2D eigenvalue weighted by Gasteiger charge is -2.32. The van der Waals surface area contributed by atoms with E-state index in [-0.39, 0.29) is 24.7 Å². The normalized spacial score (nSPS) is 19.7. The molecular formula is C18H17Cl2NO4. The number of carbonyl (C=O) groups excluding carboxylic acids is 1. The van der Waals surface area contributed by atoms with Gasteiger partial charge in [0.15, 0.2) is 0 Å². The van der Waals surface area contributed by atoms with Crippen molar-refractivity contribution in [2.75, 3.05) is 13.2 Å². The summed E-state index contributed by atoms with van der Waals surface area (Å²) in [5.41, 5.74) is 7.70. The van der Waals surface area contributed by atoms with Gasteiger partial charge in [-0.1, -0.05) is 29.3 Å². The Morgan fingerprint density at radius 2 is 2.16 bits per heavy atom. The monoisotopic (exact) mass is 381 g/mol. The highest BCUT2D eigenvalue weighted by molar-refractivity contribution is 6.35. The molecule has 2 N–H and O–H groups in total. The summed E-state index contributed by atoms with van der Waals surface area (Å²) in [7, 11) is 0. The van der Waals surface area contributed by atoms with Crippen molar-refractivity contribution in [3.05, 3.63) is 68.4 Å². The Morgan fingerprint density at radius 1 is 1.40 bits per heavy atom. The van der Waals surface area contributed by atoms with Crippen molar-refractivity contribution < 1.29 is 19.0 Å². The Kier molecular flexibility index (Phi) is 4.97. The second-order valence-electron chi connectivity index (χ2n) is 5.63. The maximum Gasteiger partial charge on any atom is 0.340 e. The van der Waals surface area contributed by atoms with E-state index >= 15 is 0 Å². The van der Waals surface area contributed by atoms with Crippen LogP contribution in [0.3, 0.4) is 0 Å². The van der Waals surface area contributed by atoms with Crippen LogP contribution in [0.2, 0.25) is 10.0 Å². The highest BCUT2D eigenvalue weighted by Gasteiger charge is 2.39. The third kappa shape index (κ3) is 3.34. The molecule has 1 unspecified atom stereocenters. The third-order valence-corrected chi connectivity index (χ3v) is 4.56. The smallest absolute Gasteiger partial charge is 0.340 e. The fraction of sp³-hybridized carbons (Fsp3) is 0.278. The van der Waals surface area contributed by atoms with Gasteiger partial charge in [-0.25, -0.2) is 4.79 Å². The van der Waals surface area contributed by atoms with E-state index in [2.05, 4.69) is 0 Å². The van der Waals surface area contributed by atoms with Crippen LogP contribution in [-0.4, -0.2) is 19.2 Å². The van der Waals surface area contributed by atoms with Crippen LogP contribution < -0.4 is 5.73 Å². The maximum absolute atomic E-state index is 12.5. The third-order valence-electron chi connectivity index (χ3n) is 4.00. The topological polar surface area (TPSA) is 70.8 Å². The van der Waals surface area contributed by atoms with Crippen LogP contribution >= 0.6 is 23.2 Å². The molecule has 25 heavy (non-hydrogen) atoms. The second kappa shape index (κ2) is 7.02. The lowest BCUT2D eigenvalue weighted by atomic mass is 9.82. The molecule has 0 spiro atoms. The predicted octanol–water partition coefficient (Wildman–Crippen LogP) is 4.03. The number of benzene rings is 1. The molecule has 0 aliphatic carbocycles. The van der Waals surface area contributed by atoms with Gasteiger partial charge < -0.3 is 19.9 Å². The molecule has 2 aliphatic heterocycles. The van der Waals surface area contributed by atoms with Crippen LogP contribution in [0.15, 0.2) is 52.8 Å². The number of esters is 1. The quantitative estimate of drug-likeness (QED) is 0.800. The zero-order valence-corrected chi connectivity index (χ0v) is 15.3. The van der Waals surface area contributed by atoms with Gasteiger partial charge in [-0.15, -0.1) is 0 Å². The van der Waals surface area contributed by atoms with Gasteiger partial charge in [0, 0.05) is 21.7 Å². The number of nitrogens with two attached hydrogens (primary N) is 1. The van der Waals surface area contributed by atoms with E-state index in [9.17, 15) is 4.79 Å². The molecule has 0 bridgehead atoms. The average molecular weight is 382 g/mol. The molecular weight excluding hydrogens is 365 g/mol. The van der Waals surface area contributed by atoms with Gasteiger partial charge in [0.2, 0.25) is 5.88 Å². The van der Waals surface area contributed by atoms with Crippen molar-refractivity contribution in [1.29, 1.82) is 0 Å². The molecule has 132 valence electrons. The van der Waals surface area contributed by atoms with Crippen molar-refractivity contribution in [1.82, 2.24) is 0 Å². The Balaban J connectivity index is 2.18. The minimum Gasteiger partial charge on any atom is -0.494 e. The fourth-order valence-electron chi connectivity index (χ4n) is 2.90. The first-order chi connectivity index (χ1) is 11.9. The Hall–Kier alpha value is -2.11. The van der Waals surface area contributed by atoms with Gasteiger partial charge >= 0.3 is 5.97 Å². The summed E-state index contributed by atoms with van der Waals surface area (Å²) in [6.07, 6.45) is 1.74. The number of rotatable bonds is 3. The van der Waals surface area contributed by atoms with Crippen LogP contribution in [0.25, 0.3) is 0 Å². The van der Waals surface area contributed by atoms with Gasteiger partial charge in [-0.05, 0) is 31.5 Å². The van der Waals surface area contributed by atoms with E-state index in [0.29, 0.717) is 27.1 Å². The summed E-state index contributed by atoms with van der Waals surface area (Å²) in [5.74, 6) is 0.183. The van der Waals surface area contributed by atoms with E-state index in [0.717, 1.165) is 5.57 Å². The van der Waals surface area contributed by atoms with Gasteiger partial charge in [-0.2, -0.15) is 0 Å². The zero-order valence-electron chi connectivity index (χ0n) is 13.8. The van der Waals surface area contributed by atoms with E-state index in [1.807, 2.05) is 6.92 Å². The van der Waals surface area contributed by atoms with Crippen molar-refractivity contribution in [3.63, 3.8) is 0 Å². The van der Waals surface area contributed by atoms with Gasteiger partial charge in [0.25, 0.3) is 0 Å². The summed E-state index contributed by atoms with van der Waals surface area (Å²) in [6, 6.07) is 5.10. The van der Waals surface area contributed by atoms with Crippen LogP contribution in [0, 0.1) is 0 Å². The van der Waals surface area contributed by atoms with E-state index in [1.54, 1.807) is 31.2 Å². The average Bonchev–Trinajstić information content (AvgIpc) is 2.53. The van der Waals surface area contributed by atoms with Crippen LogP contribution in [0.1, 0.15) is 25.3 Å². The number of carbonyl (C=O) groups is 1. The van der Waals surface area contributed by atoms with E-state index in [4.69, 9.17) is 43.1 Å². The predicted molar refractivity (Wildman–Crippen MR) is 94.9 cm³/mol. The highest BCUT2D eigenvalue weighted by atomic mass is 35.5. The summed E-state index contributed by atoms with van der Waals surface area (Å²) in [6.45, 7) is 4.02. The summed E-state index contributed by atoms with van der Waals surface area (Å²) in [4.78, 5) is 12.5. The summed E-state index contributed by atoms with van der Waals surface area (Å²) >= 11 is 12.4. The Labute approximate surface area is 155 Å². The molecule has 5 nitrogen and oxygen atoms in total. The molecule has 1 atom stereocenters. The molecule has 1 aromatic carbocycles.